The smallest absolute Gasteiger partial charge is 0.133 e. The highest BCUT2D eigenvalue weighted by molar-refractivity contribution is 5.79. The first-order valence-corrected chi connectivity index (χ1v) is 9.77. The SMILES string of the molecule is [2H][C@]12CC[C@H]3[C@@H]4CC[C@]([2H])(C(C)=O)[C@@]4(C)CC[C@@H]3[C@@]1(C)CC[C@@H](O)C2. The first-order valence-electron chi connectivity index (χ1n) is 10.8. The first kappa shape index (κ1) is 13.9. The van der Waals surface area contributed by atoms with Gasteiger partial charge in [-0.15, -0.1) is 0 Å². The lowest BCUT2D eigenvalue weighted by atomic mass is 9.44. The molecule has 4 saturated carbocycles. The Labute approximate surface area is 144 Å². The summed E-state index contributed by atoms with van der Waals surface area (Å²) in [6.45, 7) is 6.15. The molecule has 0 aromatic carbocycles. The van der Waals surface area contributed by atoms with E-state index in [1.54, 1.807) is 6.92 Å². The van der Waals surface area contributed by atoms with Gasteiger partial charge in [0.05, 0.1) is 6.10 Å². The maximum absolute atomic E-state index is 12.3. The third-order valence-corrected chi connectivity index (χ3v) is 8.53. The summed E-state index contributed by atoms with van der Waals surface area (Å²) in [6.07, 6.45) is 7.77. The standard InChI is InChI=1S/C21H34O2/c1-13(22)17-6-7-18-16-5-4-14-12-15(23)8-10-20(14,2)19(16)9-11-21(17,18)3/h14-19,23H,4-12H2,1-3H3/t14-,15-,16+,17-,18+,19+,20+,21-/m1/s1/i14D,17D. The predicted octanol–water partition coefficient (Wildman–Crippen LogP) is 4.60. The van der Waals surface area contributed by atoms with Gasteiger partial charge >= 0.3 is 0 Å². The number of aliphatic hydroxyl groups excluding tert-OH is 1. The van der Waals surface area contributed by atoms with Crippen LogP contribution in [0.4, 0.5) is 0 Å². The molecule has 0 heterocycles. The van der Waals surface area contributed by atoms with Gasteiger partial charge in [0, 0.05) is 8.64 Å². The van der Waals surface area contributed by atoms with Crippen molar-refractivity contribution in [3.8, 4) is 0 Å². The summed E-state index contributed by atoms with van der Waals surface area (Å²) in [6, 6.07) is 0. The van der Waals surface area contributed by atoms with Gasteiger partial charge in [0.25, 0.3) is 0 Å². The normalized spacial score (nSPS) is 63.3. The van der Waals surface area contributed by atoms with Crippen LogP contribution in [0.25, 0.3) is 0 Å². The minimum atomic E-state index is -0.901. The third-order valence-electron chi connectivity index (χ3n) is 8.53. The number of carbonyl (C=O) groups excluding carboxylic acids is 1. The van der Waals surface area contributed by atoms with Gasteiger partial charge in [-0.3, -0.25) is 4.79 Å². The van der Waals surface area contributed by atoms with E-state index in [2.05, 4.69) is 13.8 Å². The van der Waals surface area contributed by atoms with Crippen LogP contribution in [0.3, 0.4) is 0 Å². The zero-order valence-corrected chi connectivity index (χ0v) is 15.0. The second-order valence-corrected chi connectivity index (χ2v) is 9.36. The lowest BCUT2D eigenvalue weighted by Gasteiger charge is -2.60. The van der Waals surface area contributed by atoms with Gasteiger partial charge < -0.3 is 5.11 Å². The van der Waals surface area contributed by atoms with Gasteiger partial charge in [-0.05, 0) is 99.2 Å². The average molecular weight is 321 g/mol. The monoisotopic (exact) mass is 320 g/mol. The highest BCUT2D eigenvalue weighted by atomic mass is 16.3. The molecule has 1 N–H and O–H groups in total. The summed E-state index contributed by atoms with van der Waals surface area (Å²) >= 11 is 0. The Kier molecular flexibility index (Phi) is 3.20. The Morgan fingerprint density at radius 3 is 2.43 bits per heavy atom. The summed E-state index contributed by atoms with van der Waals surface area (Å²) in [7, 11) is 0. The van der Waals surface area contributed by atoms with Crippen molar-refractivity contribution in [2.75, 3.05) is 0 Å². The van der Waals surface area contributed by atoms with E-state index in [-0.39, 0.29) is 22.7 Å². The second kappa shape index (κ2) is 5.31. The van der Waals surface area contributed by atoms with E-state index in [4.69, 9.17) is 2.74 Å². The largest absolute Gasteiger partial charge is 0.393 e. The average Bonchev–Trinajstić information content (AvgIpc) is 2.82. The fraction of sp³-hybridized carbons (Fsp3) is 0.952. The van der Waals surface area contributed by atoms with Crippen LogP contribution >= 0.6 is 0 Å². The molecule has 0 aliphatic heterocycles. The topological polar surface area (TPSA) is 37.3 Å². The summed E-state index contributed by atoms with van der Waals surface area (Å²) in [5.74, 6) is 0.204. The summed E-state index contributed by atoms with van der Waals surface area (Å²) in [5.41, 5.74) is -0.202. The Hall–Kier alpha value is -0.370. The molecule has 0 aromatic heterocycles. The number of hydrogen-bond acceptors (Lipinski definition) is 2. The van der Waals surface area contributed by atoms with Crippen LogP contribution in [-0.4, -0.2) is 17.0 Å². The van der Waals surface area contributed by atoms with Crippen LogP contribution in [0.1, 0.15) is 81.3 Å². The molecule has 0 aromatic rings. The molecule has 0 unspecified atom stereocenters. The molecule has 0 saturated heterocycles. The van der Waals surface area contributed by atoms with Crippen molar-refractivity contribution in [1.82, 2.24) is 0 Å². The molecule has 4 aliphatic rings. The second-order valence-electron chi connectivity index (χ2n) is 9.36. The molecule has 2 heteroatoms. The lowest BCUT2D eigenvalue weighted by Crippen LogP contribution is -2.54. The molecule has 2 nitrogen and oxygen atoms in total. The van der Waals surface area contributed by atoms with Crippen molar-refractivity contribution >= 4 is 5.78 Å². The molecule has 0 bridgehead atoms. The van der Waals surface area contributed by atoms with Crippen LogP contribution in [0.15, 0.2) is 0 Å². The molecular formula is C21H34O2. The number of aliphatic hydroxyl groups is 1. The molecule has 8 atom stereocenters. The molecular weight excluding hydrogens is 284 g/mol. The predicted molar refractivity (Wildman–Crippen MR) is 91.9 cm³/mol. The van der Waals surface area contributed by atoms with Gasteiger partial charge in [-0.25, -0.2) is 0 Å². The van der Waals surface area contributed by atoms with Crippen molar-refractivity contribution in [2.24, 2.45) is 40.4 Å². The zero-order valence-electron chi connectivity index (χ0n) is 17.0. The molecule has 23 heavy (non-hydrogen) atoms. The lowest BCUT2D eigenvalue weighted by molar-refractivity contribution is -0.138. The molecule has 130 valence electrons. The molecule has 4 fully saturated rings. The van der Waals surface area contributed by atoms with Crippen molar-refractivity contribution < 1.29 is 12.6 Å². The van der Waals surface area contributed by atoms with Crippen LogP contribution in [0, 0.1) is 40.4 Å². The minimum absolute atomic E-state index is 0.0139. The van der Waals surface area contributed by atoms with Crippen LogP contribution in [-0.2, 0) is 4.79 Å². The highest BCUT2D eigenvalue weighted by Gasteiger charge is 2.60. The van der Waals surface area contributed by atoms with Gasteiger partial charge in [-0.2, -0.15) is 0 Å². The van der Waals surface area contributed by atoms with Crippen molar-refractivity contribution in [3.05, 3.63) is 0 Å². The van der Waals surface area contributed by atoms with Crippen LogP contribution < -0.4 is 0 Å². The molecule has 0 amide bonds. The zero-order chi connectivity index (χ0) is 18.3. The van der Waals surface area contributed by atoms with E-state index in [9.17, 15) is 9.90 Å². The Bertz CT molecular complexity index is 594. The molecule has 4 aliphatic carbocycles. The fourth-order valence-corrected chi connectivity index (χ4v) is 7.31. The number of hydrogen-bond donors (Lipinski definition) is 1. The maximum atomic E-state index is 12.3. The van der Waals surface area contributed by atoms with E-state index in [1.165, 1.54) is 0 Å². The quantitative estimate of drug-likeness (QED) is 0.767. The summed E-state index contributed by atoms with van der Waals surface area (Å²) in [5, 5.41) is 10.2. The number of ketones is 1. The Morgan fingerprint density at radius 1 is 1.00 bits per heavy atom. The van der Waals surface area contributed by atoms with Gasteiger partial charge in [0.15, 0.2) is 0 Å². The number of Topliss-reactive ketones (excluding diaryl/α,β-unsaturated/α-hetero) is 1. The van der Waals surface area contributed by atoms with Crippen molar-refractivity contribution in [3.63, 3.8) is 0 Å². The van der Waals surface area contributed by atoms with Crippen molar-refractivity contribution in [2.45, 2.75) is 84.7 Å². The van der Waals surface area contributed by atoms with Gasteiger partial charge in [0.2, 0.25) is 0 Å². The van der Waals surface area contributed by atoms with E-state index >= 15 is 0 Å². The van der Waals surface area contributed by atoms with Crippen LogP contribution in [0.2, 0.25) is 0 Å². The van der Waals surface area contributed by atoms with E-state index in [0.717, 1.165) is 44.9 Å². The number of fused-ring (bicyclic) bond motifs is 5. The summed E-state index contributed by atoms with van der Waals surface area (Å²) < 4.78 is 18.1. The Morgan fingerprint density at radius 2 is 1.70 bits per heavy atom. The summed E-state index contributed by atoms with van der Waals surface area (Å²) in [4.78, 5) is 12.3. The first-order chi connectivity index (χ1) is 11.6. The molecule has 0 spiro atoms. The van der Waals surface area contributed by atoms with Gasteiger partial charge in [0.1, 0.15) is 5.78 Å². The van der Waals surface area contributed by atoms with E-state index in [1.807, 2.05) is 0 Å². The Balaban J connectivity index is 1.68. The molecule has 0 radical (unpaired) electrons. The number of carbonyl (C=O) groups is 1. The maximum Gasteiger partial charge on any atom is 0.133 e. The van der Waals surface area contributed by atoms with Gasteiger partial charge in [-0.1, -0.05) is 13.8 Å². The number of rotatable bonds is 1. The van der Waals surface area contributed by atoms with E-state index in [0.29, 0.717) is 30.6 Å². The van der Waals surface area contributed by atoms with Crippen molar-refractivity contribution in [1.29, 1.82) is 0 Å². The van der Waals surface area contributed by atoms with Crippen LogP contribution in [0.5, 0.6) is 0 Å². The third kappa shape index (κ3) is 2.19. The minimum Gasteiger partial charge on any atom is -0.393 e. The van der Waals surface area contributed by atoms with E-state index < -0.39 is 11.8 Å². The molecule has 4 rings (SSSR count). The fourth-order valence-electron chi connectivity index (χ4n) is 7.31. The highest BCUT2D eigenvalue weighted by Crippen LogP contribution is 2.67.